The maximum absolute atomic E-state index is 6.30. The number of morpholine rings is 1. The molecule has 2 fully saturated rings. The predicted molar refractivity (Wildman–Crippen MR) is 122 cm³/mol. The number of likely N-dealkylation sites (N-methyl/N-ethyl adjacent to an activating group) is 1. The monoisotopic (exact) mass is 433 g/mol. The minimum atomic E-state index is 0.120. The molecule has 3 aromatic rings. The highest BCUT2D eigenvalue weighted by molar-refractivity contribution is 5.72. The average Bonchev–Trinajstić information content (AvgIpc) is 3.24. The maximum atomic E-state index is 6.30. The summed E-state index contributed by atoms with van der Waals surface area (Å²) < 4.78 is 11.8. The van der Waals surface area contributed by atoms with Crippen LogP contribution in [0.15, 0.2) is 42.7 Å². The van der Waals surface area contributed by atoms with Crippen LogP contribution in [0.4, 0.5) is 11.8 Å². The zero-order valence-corrected chi connectivity index (χ0v) is 18.1. The number of anilines is 2. The Labute approximate surface area is 187 Å². The molecule has 166 valence electrons. The van der Waals surface area contributed by atoms with Crippen LogP contribution >= 0.6 is 0 Å². The Bertz CT molecular complexity index is 1070. The van der Waals surface area contributed by atoms with Crippen LogP contribution in [-0.4, -0.2) is 77.4 Å². The molecule has 0 bridgehead atoms. The third kappa shape index (κ3) is 4.49. The topological polar surface area (TPSA) is 103 Å². The highest BCUT2D eigenvalue weighted by Gasteiger charge is 2.24. The molecular weight excluding hydrogens is 406 g/mol. The summed E-state index contributed by atoms with van der Waals surface area (Å²) >= 11 is 0. The molecule has 0 radical (unpaired) electrons. The first-order valence-electron chi connectivity index (χ1n) is 10.9. The Kier molecular flexibility index (Phi) is 5.83. The summed E-state index contributed by atoms with van der Waals surface area (Å²) in [6.45, 7) is 4.71. The van der Waals surface area contributed by atoms with Crippen molar-refractivity contribution in [3.8, 4) is 28.4 Å². The Balaban J connectivity index is 1.56. The van der Waals surface area contributed by atoms with Crippen LogP contribution in [-0.2, 0) is 4.74 Å². The van der Waals surface area contributed by atoms with E-state index < -0.39 is 0 Å². The van der Waals surface area contributed by atoms with E-state index in [0.29, 0.717) is 30.9 Å². The summed E-state index contributed by atoms with van der Waals surface area (Å²) in [6.07, 6.45) is 4.60. The third-order valence-corrected chi connectivity index (χ3v) is 5.76. The number of ether oxygens (including phenoxy) is 2. The van der Waals surface area contributed by atoms with E-state index in [2.05, 4.69) is 26.8 Å². The second-order valence-electron chi connectivity index (χ2n) is 8.16. The van der Waals surface area contributed by atoms with Crippen LogP contribution in [0.25, 0.3) is 22.5 Å². The van der Waals surface area contributed by atoms with Crippen molar-refractivity contribution in [2.24, 2.45) is 0 Å². The van der Waals surface area contributed by atoms with Gasteiger partial charge in [-0.25, -0.2) is 19.9 Å². The summed E-state index contributed by atoms with van der Waals surface area (Å²) in [7, 11) is 2.11. The van der Waals surface area contributed by atoms with E-state index >= 15 is 0 Å². The molecule has 1 atom stereocenters. The Morgan fingerprint density at radius 1 is 1.06 bits per heavy atom. The predicted octanol–water partition coefficient (Wildman–Crippen LogP) is 2.10. The molecule has 9 nitrogen and oxygen atoms in total. The first-order chi connectivity index (χ1) is 15.7. The van der Waals surface area contributed by atoms with Gasteiger partial charge in [0.25, 0.3) is 0 Å². The van der Waals surface area contributed by atoms with Crippen LogP contribution in [0.5, 0.6) is 5.88 Å². The molecule has 0 spiro atoms. The quantitative estimate of drug-likeness (QED) is 0.648. The lowest BCUT2D eigenvalue weighted by Gasteiger charge is -2.27. The molecule has 2 aliphatic rings. The average molecular weight is 434 g/mol. The first kappa shape index (κ1) is 20.6. The fourth-order valence-corrected chi connectivity index (χ4v) is 4.01. The van der Waals surface area contributed by atoms with Gasteiger partial charge in [-0.1, -0.05) is 0 Å². The summed E-state index contributed by atoms with van der Waals surface area (Å²) in [5, 5.41) is 0. The molecule has 2 aliphatic heterocycles. The number of pyridine rings is 2. The van der Waals surface area contributed by atoms with E-state index in [1.54, 1.807) is 18.5 Å². The van der Waals surface area contributed by atoms with Crippen molar-refractivity contribution in [1.82, 2.24) is 24.8 Å². The van der Waals surface area contributed by atoms with E-state index in [4.69, 9.17) is 25.2 Å². The van der Waals surface area contributed by atoms with Crippen LogP contribution in [0, 0.1) is 0 Å². The molecule has 0 saturated carbocycles. The molecular formula is C23H27N7O2. The molecule has 5 heterocycles. The minimum absolute atomic E-state index is 0.120. The van der Waals surface area contributed by atoms with Gasteiger partial charge in [-0.05, 0) is 43.8 Å². The molecule has 3 aromatic heterocycles. The first-order valence-corrected chi connectivity index (χ1v) is 10.9. The molecule has 2 saturated heterocycles. The van der Waals surface area contributed by atoms with Gasteiger partial charge in [-0.15, -0.1) is 0 Å². The van der Waals surface area contributed by atoms with E-state index in [0.717, 1.165) is 55.1 Å². The van der Waals surface area contributed by atoms with Crippen molar-refractivity contribution in [2.75, 3.05) is 57.1 Å². The number of nitrogens with zero attached hydrogens (tertiary/aromatic N) is 6. The molecule has 32 heavy (non-hydrogen) atoms. The highest BCUT2D eigenvalue weighted by Crippen LogP contribution is 2.32. The van der Waals surface area contributed by atoms with Gasteiger partial charge in [0.1, 0.15) is 11.9 Å². The molecule has 1 unspecified atom stereocenters. The Morgan fingerprint density at radius 2 is 1.91 bits per heavy atom. The number of hydrogen-bond donors (Lipinski definition) is 1. The van der Waals surface area contributed by atoms with Gasteiger partial charge < -0.3 is 25.0 Å². The van der Waals surface area contributed by atoms with Crippen molar-refractivity contribution >= 4 is 11.8 Å². The molecule has 9 heteroatoms. The lowest BCUT2D eigenvalue weighted by Crippen LogP contribution is -2.37. The second kappa shape index (κ2) is 9.05. The fourth-order valence-electron chi connectivity index (χ4n) is 4.01. The standard InChI is InChI=1S/C23H27N7O2/c1-29-8-6-17(15-29)32-22-18(3-2-7-25-22)20-13-19(16-4-5-21(24)26-14-16)27-23(28-20)30-9-11-31-12-10-30/h2-5,7,13-14,17H,6,8-12,15H2,1H3,(H2,24,26). The van der Waals surface area contributed by atoms with Crippen LogP contribution in [0.2, 0.25) is 0 Å². The van der Waals surface area contributed by atoms with Gasteiger partial charge in [-0.2, -0.15) is 0 Å². The fraction of sp³-hybridized carbons (Fsp3) is 0.391. The zero-order valence-electron chi connectivity index (χ0n) is 18.1. The number of likely N-dealkylation sites (tertiary alicyclic amines) is 1. The second-order valence-corrected chi connectivity index (χ2v) is 8.16. The smallest absolute Gasteiger partial charge is 0.226 e. The Morgan fingerprint density at radius 3 is 2.66 bits per heavy atom. The zero-order chi connectivity index (χ0) is 21.9. The SMILES string of the molecule is CN1CCC(Oc2ncccc2-c2cc(-c3ccc(N)nc3)nc(N3CCOCC3)n2)C1. The van der Waals surface area contributed by atoms with E-state index in [1.165, 1.54) is 0 Å². The van der Waals surface area contributed by atoms with Crippen LogP contribution < -0.4 is 15.4 Å². The van der Waals surface area contributed by atoms with Crippen molar-refractivity contribution in [3.05, 3.63) is 42.7 Å². The highest BCUT2D eigenvalue weighted by atomic mass is 16.5. The number of aromatic nitrogens is 4. The molecule has 0 amide bonds. The normalized spacial score (nSPS) is 19.3. The lowest BCUT2D eigenvalue weighted by molar-refractivity contribution is 0.122. The van der Waals surface area contributed by atoms with Gasteiger partial charge in [0, 0.05) is 44.1 Å². The van der Waals surface area contributed by atoms with Gasteiger partial charge in [0.15, 0.2) is 0 Å². The van der Waals surface area contributed by atoms with Crippen molar-refractivity contribution in [1.29, 1.82) is 0 Å². The van der Waals surface area contributed by atoms with E-state index in [1.807, 2.05) is 24.3 Å². The minimum Gasteiger partial charge on any atom is -0.472 e. The molecule has 0 aliphatic carbocycles. The largest absolute Gasteiger partial charge is 0.472 e. The molecule has 0 aromatic carbocycles. The van der Waals surface area contributed by atoms with Crippen molar-refractivity contribution < 1.29 is 9.47 Å². The van der Waals surface area contributed by atoms with Gasteiger partial charge >= 0.3 is 0 Å². The van der Waals surface area contributed by atoms with E-state index in [9.17, 15) is 0 Å². The summed E-state index contributed by atoms with van der Waals surface area (Å²) in [5.74, 6) is 1.73. The van der Waals surface area contributed by atoms with E-state index in [-0.39, 0.29) is 6.10 Å². The number of hydrogen-bond acceptors (Lipinski definition) is 9. The molecule has 2 N–H and O–H groups in total. The third-order valence-electron chi connectivity index (χ3n) is 5.76. The summed E-state index contributed by atoms with van der Waals surface area (Å²) in [6, 6.07) is 9.57. The van der Waals surface area contributed by atoms with Gasteiger partial charge in [0.05, 0.1) is 30.2 Å². The maximum Gasteiger partial charge on any atom is 0.226 e. The lowest BCUT2D eigenvalue weighted by atomic mass is 10.1. The van der Waals surface area contributed by atoms with Crippen LogP contribution in [0.3, 0.4) is 0 Å². The number of nitrogen functional groups attached to an aromatic ring is 1. The van der Waals surface area contributed by atoms with Gasteiger partial charge in [-0.3, -0.25) is 0 Å². The number of rotatable bonds is 5. The number of nitrogens with two attached hydrogens (primary N) is 1. The van der Waals surface area contributed by atoms with Gasteiger partial charge in [0.2, 0.25) is 11.8 Å². The molecule has 5 rings (SSSR count). The summed E-state index contributed by atoms with van der Waals surface area (Å²) in [4.78, 5) is 22.9. The van der Waals surface area contributed by atoms with Crippen molar-refractivity contribution in [2.45, 2.75) is 12.5 Å². The Hall–Kier alpha value is -3.30. The van der Waals surface area contributed by atoms with Crippen molar-refractivity contribution in [3.63, 3.8) is 0 Å². The summed E-state index contributed by atoms with van der Waals surface area (Å²) in [5.41, 5.74) is 9.06. The van der Waals surface area contributed by atoms with Crippen LogP contribution in [0.1, 0.15) is 6.42 Å².